The summed E-state index contributed by atoms with van der Waals surface area (Å²) in [5, 5.41) is 0. The van der Waals surface area contributed by atoms with Crippen molar-refractivity contribution in [2.45, 2.75) is 63.8 Å². The Morgan fingerprint density at radius 2 is 1.47 bits per heavy atom. The average molecular weight is 260 g/mol. The zero-order chi connectivity index (χ0) is 13.9. The van der Waals surface area contributed by atoms with Crippen LogP contribution in [0.4, 0.5) is 22.0 Å². The van der Waals surface area contributed by atoms with Gasteiger partial charge in [-0.3, -0.25) is 0 Å². The molecule has 0 aliphatic carbocycles. The van der Waals surface area contributed by atoms with Crippen molar-refractivity contribution >= 4 is 0 Å². The fraction of sp³-hybridized carbons (Fsp3) is 1.00. The predicted octanol–water partition coefficient (Wildman–Crippen LogP) is 3.82. The minimum Gasteiger partial charge on any atom is -0.333 e. The van der Waals surface area contributed by atoms with E-state index in [1.54, 1.807) is 0 Å². The van der Waals surface area contributed by atoms with Gasteiger partial charge in [0.1, 0.15) is 6.10 Å². The van der Waals surface area contributed by atoms with Crippen molar-refractivity contribution in [3.05, 3.63) is 0 Å². The molecule has 5 atom stereocenters. The van der Waals surface area contributed by atoms with E-state index in [-0.39, 0.29) is 0 Å². The highest BCUT2D eigenvalue weighted by atomic mass is 19.3. The van der Waals surface area contributed by atoms with Crippen LogP contribution in [0.2, 0.25) is 0 Å². The van der Waals surface area contributed by atoms with E-state index < -0.39 is 35.1 Å². The van der Waals surface area contributed by atoms with E-state index in [9.17, 15) is 22.0 Å². The summed E-state index contributed by atoms with van der Waals surface area (Å²) in [6, 6.07) is 0. The van der Waals surface area contributed by atoms with Crippen molar-refractivity contribution in [1.82, 2.24) is 0 Å². The molecule has 6 heteroatoms. The van der Waals surface area contributed by atoms with Crippen LogP contribution in [0.25, 0.3) is 0 Å². The number of hydrogen-bond acceptors (Lipinski definition) is 1. The van der Waals surface area contributed by atoms with Crippen LogP contribution < -0.4 is 0 Å². The molecule has 1 aliphatic heterocycles. The lowest BCUT2D eigenvalue weighted by Gasteiger charge is -2.53. The first-order chi connectivity index (χ1) is 7.25. The van der Waals surface area contributed by atoms with Crippen molar-refractivity contribution in [3.63, 3.8) is 0 Å². The Labute approximate surface area is 97.3 Å². The van der Waals surface area contributed by atoms with E-state index >= 15 is 0 Å². The summed E-state index contributed by atoms with van der Waals surface area (Å²) in [5.41, 5.74) is -5.75. The maximum atomic E-state index is 14.3. The van der Waals surface area contributed by atoms with E-state index in [4.69, 9.17) is 0 Å². The van der Waals surface area contributed by atoms with Crippen LogP contribution in [-0.4, -0.2) is 29.2 Å². The number of rotatable bonds is 1. The average Bonchev–Trinajstić information content (AvgIpc) is 2.08. The van der Waals surface area contributed by atoms with Crippen molar-refractivity contribution in [2.24, 2.45) is 5.92 Å². The molecule has 1 fully saturated rings. The van der Waals surface area contributed by atoms with Crippen LogP contribution in [0.5, 0.6) is 0 Å². The van der Waals surface area contributed by atoms with Crippen LogP contribution in [0.3, 0.4) is 0 Å². The molecule has 0 aromatic rings. The number of halogens is 5. The second kappa shape index (κ2) is 3.56. The lowest BCUT2D eigenvalue weighted by Crippen LogP contribution is -2.70. The molecule has 0 saturated carbocycles. The molecule has 0 bridgehead atoms. The summed E-state index contributed by atoms with van der Waals surface area (Å²) < 4.78 is 73.2. The monoisotopic (exact) mass is 260 g/mol. The molecule has 102 valence electrons. The largest absolute Gasteiger partial charge is 0.333 e. The minimum absolute atomic E-state index is 0.501. The predicted molar refractivity (Wildman–Crippen MR) is 53.2 cm³/mol. The van der Waals surface area contributed by atoms with Gasteiger partial charge in [0, 0.05) is 12.8 Å². The van der Waals surface area contributed by atoms with E-state index in [2.05, 4.69) is 4.74 Å². The van der Waals surface area contributed by atoms with Gasteiger partial charge in [0.2, 0.25) is 5.85 Å². The second-order valence-electron chi connectivity index (χ2n) is 5.28. The normalized spacial score (nSPS) is 52.6. The minimum atomic E-state index is -3.45. The molecule has 5 unspecified atom stereocenters. The van der Waals surface area contributed by atoms with Crippen molar-refractivity contribution in [1.29, 1.82) is 0 Å². The highest BCUT2D eigenvalue weighted by Crippen LogP contribution is 2.54. The molecule has 1 nitrogen and oxygen atoms in total. The molecule has 1 heterocycles. The van der Waals surface area contributed by atoms with E-state index in [1.807, 2.05) is 0 Å². The maximum Gasteiger partial charge on any atom is 0.271 e. The molecule has 1 aliphatic rings. The molecule has 0 aromatic heterocycles. The summed E-state index contributed by atoms with van der Waals surface area (Å²) in [5.74, 6) is -8.02. The lowest BCUT2D eigenvalue weighted by atomic mass is 9.70. The van der Waals surface area contributed by atoms with Crippen LogP contribution in [0.15, 0.2) is 0 Å². The van der Waals surface area contributed by atoms with Gasteiger partial charge in [-0.2, -0.15) is 0 Å². The second-order valence-corrected chi connectivity index (χ2v) is 5.28. The molecule has 1 rings (SSSR count). The fourth-order valence-electron chi connectivity index (χ4n) is 2.14. The van der Waals surface area contributed by atoms with Gasteiger partial charge in [-0.1, -0.05) is 6.92 Å². The van der Waals surface area contributed by atoms with Crippen molar-refractivity contribution in [2.75, 3.05) is 0 Å². The van der Waals surface area contributed by atoms with Gasteiger partial charge in [-0.05, 0) is 20.8 Å². The highest BCUT2D eigenvalue weighted by molar-refractivity contribution is 5.11. The SMILES string of the molecule is CC1C(C(C)(F)F)OC(C)(F)C(C)(F)C1(C)F. The zero-order valence-corrected chi connectivity index (χ0v) is 10.5. The smallest absolute Gasteiger partial charge is 0.271 e. The summed E-state index contributed by atoms with van der Waals surface area (Å²) in [4.78, 5) is 0. The van der Waals surface area contributed by atoms with Crippen LogP contribution in [0, 0.1) is 5.92 Å². The molecule has 0 N–H and O–H groups in total. The topological polar surface area (TPSA) is 9.23 Å². The standard InChI is InChI=1S/C11H17F5O/c1-6-7(9(3,13)14)17-11(5,16)10(4,15)8(6,2)12/h6-7H,1-5H3. The van der Waals surface area contributed by atoms with Gasteiger partial charge < -0.3 is 4.74 Å². The Bertz CT molecular complexity index is 305. The number of alkyl halides is 5. The fourth-order valence-corrected chi connectivity index (χ4v) is 2.14. The van der Waals surface area contributed by atoms with Gasteiger partial charge in [0.05, 0.1) is 0 Å². The summed E-state index contributed by atoms with van der Waals surface area (Å²) in [7, 11) is 0. The summed E-state index contributed by atoms with van der Waals surface area (Å²) >= 11 is 0. The Morgan fingerprint density at radius 3 is 1.82 bits per heavy atom. The van der Waals surface area contributed by atoms with Gasteiger partial charge in [-0.15, -0.1) is 0 Å². The first-order valence-electron chi connectivity index (χ1n) is 5.37. The zero-order valence-electron chi connectivity index (χ0n) is 10.5. The summed E-state index contributed by atoms with van der Waals surface area (Å²) in [6.07, 6.45) is -2.00. The first kappa shape index (κ1) is 14.7. The maximum absolute atomic E-state index is 14.3. The Kier molecular flexibility index (Phi) is 3.07. The van der Waals surface area contributed by atoms with Crippen molar-refractivity contribution in [3.8, 4) is 0 Å². The van der Waals surface area contributed by atoms with E-state index in [0.29, 0.717) is 20.8 Å². The van der Waals surface area contributed by atoms with Crippen LogP contribution >= 0.6 is 0 Å². The molecule has 0 spiro atoms. The molecule has 1 saturated heterocycles. The van der Waals surface area contributed by atoms with Crippen LogP contribution in [-0.2, 0) is 4.74 Å². The third-order valence-electron chi connectivity index (χ3n) is 3.91. The molecule has 17 heavy (non-hydrogen) atoms. The Balaban J connectivity index is 3.25. The third-order valence-corrected chi connectivity index (χ3v) is 3.91. The highest BCUT2D eigenvalue weighted by Gasteiger charge is 2.70. The van der Waals surface area contributed by atoms with Gasteiger partial charge >= 0.3 is 0 Å². The first-order valence-corrected chi connectivity index (χ1v) is 5.37. The van der Waals surface area contributed by atoms with Crippen LogP contribution in [0.1, 0.15) is 34.6 Å². The molecule has 0 radical (unpaired) electrons. The van der Waals surface area contributed by atoms with Gasteiger partial charge in [-0.25, -0.2) is 22.0 Å². The van der Waals surface area contributed by atoms with Gasteiger partial charge in [0.15, 0.2) is 11.3 Å². The quantitative estimate of drug-likeness (QED) is 0.651. The Morgan fingerprint density at radius 1 is 1.06 bits per heavy atom. The lowest BCUT2D eigenvalue weighted by molar-refractivity contribution is -0.356. The van der Waals surface area contributed by atoms with Gasteiger partial charge in [0.25, 0.3) is 5.92 Å². The third kappa shape index (κ3) is 1.94. The number of hydrogen-bond donors (Lipinski definition) is 0. The number of ether oxygens (including phenoxy) is 1. The van der Waals surface area contributed by atoms with Crippen molar-refractivity contribution < 1.29 is 26.7 Å². The molecular formula is C11H17F5O. The van der Waals surface area contributed by atoms with E-state index in [0.717, 1.165) is 13.8 Å². The Hall–Kier alpha value is -0.390. The summed E-state index contributed by atoms with van der Waals surface area (Å²) in [6.45, 7) is 3.70. The molecule has 0 aromatic carbocycles. The molecule has 0 amide bonds. The molecular weight excluding hydrogens is 243 g/mol. The van der Waals surface area contributed by atoms with E-state index in [1.165, 1.54) is 0 Å².